The lowest BCUT2D eigenvalue weighted by molar-refractivity contribution is 0.556. The maximum Gasteiger partial charge on any atom is 0.120 e. The second-order valence-electron chi connectivity index (χ2n) is 4.05. The molecule has 0 heterocycles. The molecule has 0 fully saturated rings. The van der Waals surface area contributed by atoms with Crippen LogP contribution in [0, 0.1) is 0 Å². The Morgan fingerprint density at radius 2 is 1.53 bits per heavy atom. The topological polar surface area (TPSA) is 0 Å². The van der Waals surface area contributed by atoms with Gasteiger partial charge in [-0.05, 0) is 35.4 Å². The Balaban J connectivity index is 3.05. The van der Waals surface area contributed by atoms with Crippen molar-refractivity contribution < 1.29 is 4.39 Å². The lowest BCUT2D eigenvalue weighted by atomic mass is 10.1. The van der Waals surface area contributed by atoms with Gasteiger partial charge in [-0.25, -0.2) is 4.39 Å². The first kappa shape index (κ1) is 15.4. The van der Waals surface area contributed by atoms with Crippen molar-refractivity contribution >= 4 is 22.6 Å². The zero-order valence-electron chi connectivity index (χ0n) is 9.90. The molecular weight excluding hydrogens is 302 g/mol. The van der Waals surface area contributed by atoms with E-state index in [1.165, 1.54) is 51.4 Å². The van der Waals surface area contributed by atoms with Crippen LogP contribution in [0.4, 0.5) is 4.39 Å². The van der Waals surface area contributed by atoms with Crippen molar-refractivity contribution in [2.45, 2.75) is 64.7 Å². The number of unbranched alkanes of at least 4 members (excludes halogenated alkanes) is 8. The van der Waals surface area contributed by atoms with Crippen LogP contribution in [0.25, 0.3) is 0 Å². The Morgan fingerprint density at radius 1 is 1.00 bits per heavy atom. The Hall–Kier alpha value is 0.400. The number of hydrogen-bond acceptors (Lipinski definition) is 0. The van der Waals surface area contributed by atoms with E-state index >= 15 is 0 Å². The van der Waals surface area contributed by atoms with E-state index in [1.807, 2.05) is 6.08 Å². The van der Waals surface area contributed by atoms with Crippen molar-refractivity contribution in [2.24, 2.45) is 0 Å². The Labute approximate surface area is 108 Å². The minimum absolute atomic E-state index is 0.294. The first-order chi connectivity index (χ1) is 7.31. The van der Waals surface area contributed by atoms with Gasteiger partial charge in [0.15, 0.2) is 0 Å². The first-order valence-corrected chi connectivity index (χ1v) is 7.29. The number of allylic oxidation sites excluding steroid dienone is 2. The molecule has 90 valence electrons. The van der Waals surface area contributed by atoms with Gasteiger partial charge in [-0.3, -0.25) is 0 Å². The normalized spacial score (nSPS) is 12.1. The predicted molar refractivity (Wildman–Crippen MR) is 75.3 cm³/mol. The second-order valence-corrected chi connectivity index (χ2v) is 5.43. The Kier molecular flexibility index (Phi) is 12.8. The van der Waals surface area contributed by atoms with Crippen LogP contribution in [0.2, 0.25) is 0 Å². The fourth-order valence-electron chi connectivity index (χ4n) is 1.59. The molecule has 0 atom stereocenters. The van der Waals surface area contributed by atoms with Crippen LogP contribution < -0.4 is 0 Å². The van der Waals surface area contributed by atoms with Crippen LogP contribution in [0.5, 0.6) is 0 Å². The van der Waals surface area contributed by atoms with Crippen LogP contribution in [-0.4, -0.2) is 6.67 Å². The lowest BCUT2D eigenvalue weighted by Crippen LogP contribution is -1.80. The van der Waals surface area contributed by atoms with Crippen molar-refractivity contribution in [3.8, 4) is 0 Å². The molecule has 0 spiro atoms. The molecule has 0 radical (unpaired) electrons. The highest BCUT2D eigenvalue weighted by molar-refractivity contribution is 14.1. The number of rotatable bonds is 10. The Morgan fingerprint density at radius 3 is 2.07 bits per heavy atom. The molecule has 0 unspecified atom stereocenters. The zero-order valence-corrected chi connectivity index (χ0v) is 12.1. The maximum absolute atomic E-state index is 12.1. The van der Waals surface area contributed by atoms with E-state index in [0.717, 1.165) is 10.0 Å². The standard InChI is InChI=1S/C13H24FI/c1-2-3-4-5-6-7-8-9-10-11-13(15)12-14/h11H,2-10,12H2,1H3/b13-11+. The van der Waals surface area contributed by atoms with Crippen molar-refractivity contribution in [1.82, 2.24) is 0 Å². The van der Waals surface area contributed by atoms with E-state index in [4.69, 9.17) is 0 Å². The number of alkyl halides is 1. The SMILES string of the molecule is CCCCCCCCCC/C=C(/I)CF. The summed E-state index contributed by atoms with van der Waals surface area (Å²) in [5, 5.41) is 0. The van der Waals surface area contributed by atoms with Crippen molar-refractivity contribution in [1.29, 1.82) is 0 Å². The van der Waals surface area contributed by atoms with E-state index in [2.05, 4.69) is 29.5 Å². The highest BCUT2D eigenvalue weighted by Gasteiger charge is 1.92. The molecule has 0 aromatic carbocycles. The molecule has 0 nitrogen and oxygen atoms in total. The first-order valence-electron chi connectivity index (χ1n) is 6.21. The van der Waals surface area contributed by atoms with Gasteiger partial charge in [-0.1, -0.05) is 57.9 Å². The molecule has 15 heavy (non-hydrogen) atoms. The molecule has 0 amide bonds. The molecular formula is C13H24FI. The fourth-order valence-corrected chi connectivity index (χ4v) is 1.90. The van der Waals surface area contributed by atoms with E-state index in [0.29, 0.717) is 0 Å². The summed E-state index contributed by atoms with van der Waals surface area (Å²) < 4.78 is 12.9. The van der Waals surface area contributed by atoms with E-state index in [1.54, 1.807) is 0 Å². The van der Waals surface area contributed by atoms with Gasteiger partial charge in [-0.2, -0.15) is 0 Å². The fraction of sp³-hybridized carbons (Fsp3) is 0.846. The lowest BCUT2D eigenvalue weighted by Gasteiger charge is -2.00. The molecule has 0 bridgehead atoms. The van der Waals surface area contributed by atoms with Gasteiger partial charge in [0.2, 0.25) is 0 Å². The smallest absolute Gasteiger partial charge is 0.120 e. The summed E-state index contributed by atoms with van der Waals surface area (Å²) in [6, 6.07) is 0. The van der Waals surface area contributed by atoms with Crippen LogP contribution in [0.1, 0.15) is 64.7 Å². The summed E-state index contributed by atoms with van der Waals surface area (Å²) in [5.41, 5.74) is 0. The van der Waals surface area contributed by atoms with E-state index in [-0.39, 0.29) is 6.67 Å². The third-order valence-corrected chi connectivity index (χ3v) is 3.28. The highest BCUT2D eigenvalue weighted by atomic mass is 127. The molecule has 0 aromatic rings. The minimum Gasteiger partial charge on any atom is -0.245 e. The van der Waals surface area contributed by atoms with Crippen molar-refractivity contribution in [2.75, 3.05) is 6.67 Å². The van der Waals surface area contributed by atoms with Crippen molar-refractivity contribution in [3.63, 3.8) is 0 Å². The summed E-state index contributed by atoms with van der Waals surface area (Å²) in [5.74, 6) is 0. The quantitative estimate of drug-likeness (QED) is 0.351. The third kappa shape index (κ3) is 12.3. The summed E-state index contributed by atoms with van der Waals surface area (Å²) in [6.07, 6.45) is 13.8. The van der Waals surface area contributed by atoms with Crippen LogP contribution in [0.3, 0.4) is 0 Å². The van der Waals surface area contributed by atoms with Gasteiger partial charge < -0.3 is 0 Å². The monoisotopic (exact) mass is 326 g/mol. The molecule has 0 rings (SSSR count). The second kappa shape index (κ2) is 12.5. The van der Waals surface area contributed by atoms with Gasteiger partial charge in [0, 0.05) is 3.58 Å². The summed E-state index contributed by atoms with van der Waals surface area (Å²) >= 11 is 2.08. The van der Waals surface area contributed by atoms with E-state index < -0.39 is 0 Å². The molecule has 0 saturated heterocycles. The average Bonchev–Trinajstić information content (AvgIpc) is 2.26. The van der Waals surface area contributed by atoms with Gasteiger partial charge in [0.05, 0.1) is 0 Å². The average molecular weight is 326 g/mol. The summed E-state index contributed by atoms with van der Waals surface area (Å²) in [7, 11) is 0. The molecule has 0 N–H and O–H groups in total. The molecule has 0 aliphatic rings. The van der Waals surface area contributed by atoms with Crippen molar-refractivity contribution in [3.05, 3.63) is 9.66 Å². The molecule has 2 heteroatoms. The third-order valence-electron chi connectivity index (χ3n) is 2.55. The highest BCUT2D eigenvalue weighted by Crippen LogP contribution is 2.12. The van der Waals surface area contributed by atoms with E-state index in [9.17, 15) is 4.39 Å². The number of halogens is 2. The minimum atomic E-state index is -0.294. The molecule has 0 saturated carbocycles. The van der Waals surface area contributed by atoms with Gasteiger partial charge >= 0.3 is 0 Å². The van der Waals surface area contributed by atoms with Crippen LogP contribution >= 0.6 is 22.6 Å². The van der Waals surface area contributed by atoms with Crippen LogP contribution in [0.15, 0.2) is 9.66 Å². The van der Waals surface area contributed by atoms with Gasteiger partial charge in [0.25, 0.3) is 0 Å². The zero-order chi connectivity index (χ0) is 11.4. The summed E-state index contributed by atoms with van der Waals surface area (Å²) in [6.45, 7) is 1.95. The Bertz CT molecular complexity index is 155. The van der Waals surface area contributed by atoms with Gasteiger partial charge in [-0.15, -0.1) is 0 Å². The molecule has 0 aliphatic carbocycles. The maximum atomic E-state index is 12.1. The van der Waals surface area contributed by atoms with Gasteiger partial charge in [0.1, 0.15) is 6.67 Å². The largest absolute Gasteiger partial charge is 0.245 e. The number of hydrogen-bond donors (Lipinski definition) is 0. The molecule has 0 aromatic heterocycles. The van der Waals surface area contributed by atoms with Crippen LogP contribution in [-0.2, 0) is 0 Å². The summed E-state index contributed by atoms with van der Waals surface area (Å²) in [4.78, 5) is 0. The molecule has 0 aliphatic heterocycles. The predicted octanol–water partition coefficient (Wildman–Crippen LogP) is 5.81.